The Labute approximate surface area is 410 Å². The summed E-state index contributed by atoms with van der Waals surface area (Å²) >= 11 is 0. The van der Waals surface area contributed by atoms with Gasteiger partial charge in [-0.15, -0.1) is 5.10 Å². The van der Waals surface area contributed by atoms with Crippen molar-refractivity contribution < 1.29 is 37.5 Å². The molecule has 0 bridgehead atoms. The van der Waals surface area contributed by atoms with Gasteiger partial charge in [0.05, 0.1) is 37.6 Å². The average Bonchev–Trinajstić information content (AvgIpc) is 3.75. The van der Waals surface area contributed by atoms with Gasteiger partial charge in [-0.1, -0.05) is 36.6 Å². The zero-order chi connectivity index (χ0) is 49.9. The third-order valence-electron chi connectivity index (χ3n) is 12.0. The fourth-order valence-corrected chi connectivity index (χ4v) is 10.2. The molecule has 2 aliphatic rings. The second kappa shape index (κ2) is 27.1. The van der Waals surface area contributed by atoms with E-state index in [1.54, 1.807) is 23.4 Å². The van der Waals surface area contributed by atoms with Crippen LogP contribution in [-0.4, -0.2) is 146 Å². The Bertz CT molecular complexity index is 2090. The predicted molar refractivity (Wildman–Crippen MR) is 269 cm³/mol. The van der Waals surface area contributed by atoms with Crippen molar-refractivity contribution in [2.24, 2.45) is 0 Å². The molecule has 3 N–H and O–H groups in total. The number of anilines is 2. The molecule has 386 valence electrons. The highest BCUT2D eigenvalue weighted by Gasteiger charge is 2.30. The van der Waals surface area contributed by atoms with Crippen LogP contribution >= 0.6 is 7.60 Å². The van der Waals surface area contributed by atoms with Gasteiger partial charge in [-0.3, -0.25) is 14.0 Å². The summed E-state index contributed by atoms with van der Waals surface area (Å²) in [5, 5.41) is 19.7. The summed E-state index contributed by atoms with van der Waals surface area (Å²) in [4.78, 5) is 54.9. The first-order valence-corrected chi connectivity index (χ1v) is 27.2. The summed E-state index contributed by atoms with van der Waals surface area (Å²) in [6.45, 7) is 20.8. The number of piperidine rings is 1. The maximum atomic E-state index is 13.4. The first-order valence-electron chi connectivity index (χ1n) is 25.4. The normalized spacial score (nSPS) is 15.5. The van der Waals surface area contributed by atoms with Gasteiger partial charge in [-0.25, -0.2) is 14.6 Å². The number of rotatable bonds is 26. The second-order valence-corrected chi connectivity index (χ2v) is 22.3. The third kappa shape index (κ3) is 19.6. The predicted octanol–water partition coefficient (Wildman–Crippen LogP) is 8.85. The Morgan fingerprint density at radius 1 is 0.812 bits per heavy atom. The van der Waals surface area contributed by atoms with E-state index in [9.17, 15) is 18.9 Å². The fraction of sp³-hybridized carbons (Fsp3) is 0.735. The van der Waals surface area contributed by atoms with Gasteiger partial charge in [0.25, 0.3) is 0 Å². The van der Waals surface area contributed by atoms with Gasteiger partial charge in [-0.2, -0.15) is 4.98 Å². The van der Waals surface area contributed by atoms with Crippen LogP contribution in [-0.2, 0) is 41.0 Å². The number of fused-ring (bicyclic) bond motifs is 1. The lowest BCUT2D eigenvalue weighted by molar-refractivity contribution is -0.121. The number of hydrogen-bond donors (Lipinski definition) is 3. The molecule has 19 nitrogen and oxygen atoms in total. The van der Waals surface area contributed by atoms with Crippen LogP contribution in [0.3, 0.4) is 0 Å². The summed E-state index contributed by atoms with van der Waals surface area (Å²) in [6.07, 6.45) is 12.0. The molecule has 5 rings (SSSR count). The van der Waals surface area contributed by atoms with Crippen molar-refractivity contribution in [2.45, 2.75) is 169 Å². The van der Waals surface area contributed by atoms with Gasteiger partial charge in [0, 0.05) is 69.7 Å². The minimum absolute atomic E-state index is 0.0474. The lowest BCUT2D eigenvalue weighted by Gasteiger charge is -2.36. The Balaban J connectivity index is 1.07. The molecular weight excluding hydrogens is 902 g/mol. The van der Waals surface area contributed by atoms with E-state index in [4.69, 9.17) is 28.5 Å². The van der Waals surface area contributed by atoms with Crippen molar-refractivity contribution in [3.63, 3.8) is 0 Å². The molecule has 1 aromatic carbocycles. The largest absolute Gasteiger partial charge is 0.444 e. The van der Waals surface area contributed by atoms with E-state index < -0.39 is 18.8 Å². The Morgan fingerprint density at radius 2 is 1.49 bits per heavy atom. The highest BCUT2D eigenvalue weighted by Crippen LogP contribution is 2.47. The van der Waals surface area contributed by atoms with Crippen molar-refractivity contribution in [1.82, 2.24) is 45.0 Å². The van der Waals surface area contributed by atoms with E-state index in [0.717, 1.165) is 93.4 Å². The van der Waals surface area contributed by atoms with Crippen molar-refractivity contribution >= 4 is 48.4 Å². The molecule has 69 heavy (non-hydrogen) atoms. The molecule has 2 fully saturated rings. The van der Waals surface area contributed by atoms with Crippen LogP contribution in [0.15, 0.2) is 30.5 Å². The molecule has 0 spiro atoms. The van der Waals surface area contributed by atoms with Gasteiger partial charge in [0.15, 0.2) is 0 Å². The Hall–Kier alpha value is -4.58. The van der Waals surface area contributed by atoms with Crippen molar-refractivity contribution in [3.05, 3.63) is 36.2 Å². The van der Waals surface area contributed by atoms with Gasteiger partial charge in [-0.05, 0) is 125 Å². The van der Waals surface area contributed by atoms with Crippen LogP contribution < -0.4 is 16.0 Å². The lowest BCUT2D eigenvalue weighted by atomic mass is 9.94. The number of hydrogen-bond acceptors (Lipinski definition) is 15. The SMILES string of the molecule is CCOP(=O)(CCNC(=O)CCCCN1CCC(Nc2nc(NCc3cn(CCCN(CCCN(C(=O)OC(C)(C)C)C4CCCCC4)C(=O)OC(C)(C)C)nn3)nc3ccccc23)CC1)OCC. The molecule has 0 radical (unpaired) electrons. The Kier molecular flexibility index (Phi) is 21.8. The quantitative estimate of drug-likeness (QED) is 0.0507. The van der Waals surface area contributed by atoms with Gasteiger partial charge in [0.1, 0.15) is 22.7 Å². The number of nitrogens with zero attached hydrogens (tertiary/aromatic N) is 8. The average molecular weight is 984 g/mol. The van der Waals surface area contributed by atoms with E-state index in [1.807, 2.05) is 76.9 Å². The number of amides is 3. The Morgan fingerprint density at radius 3 is 2.19 bits per heavy atom. The number of aryl methyl sites for hydroxylation is 1. The number of carbonyl (C=O) groups is 3. The number of aromatic nitrogens is 5. The molecule has 0 atom stereocenters. The minimum atomic E-state index is -3.17. The van der Waals surface area contributed by atoms with E-state index in [1.165, 1.54) is 6.42 Å². The molecule has 3 aromatic rings. The van der Waals surface area contributed by atoms with Crippen LogP contribution in [0.1, 0.15) is 138 Å². The van der Waals surface area contributed by atoms with Crippen LogP contribution in [0.25, 0.3) is 10.9 Å². The van der Waals surface area contributed by atoms with E-state index in [-0.39, 0.29) is 42.9 Å². The molecule has 1 aliphatic carbocycles. The van der Waals surface area contributed by atoms with E-state index in [2.05, 4.69) is 31.2 Å². The van der Waals surface area contributed by atoms with Crippen molar-refractivity contribution in [1.29, 1.82) is 0 Å². The number of para-hydroxylation sites is 1. The summed E-state index contributed by atoms with van der Waals surface area (Å²) in [5.74, 6) is 1.23. The first-order chi connectivity index (χ1) is 32.9. The number of likely N-dealkylation sites (tertiary alicyclic amines) is 1. The van der Waals surface area contributed by atoms with E-state index >= 15 is 0 Å². The van der Waals surface area contributed by atoms with Gasteiger partial charge in [0.2, 0.25) is 11.9 Å². The summed E-state index contributed by atoms with van der Waals surface area (Å²) in [5.41, 5.74) is 0.335. The number of ether oxygens (including phenoxy) is 2. The fourth-order valence-electron chi connectivity index (χ4n) is 8.67. The molecular formula is C49H82N11O8P. The minimum Gasteiger partial charge on any atom is -0.444 e. The molecule has 3 heterocycles. The monoisotopic (exact) mass is 984 g/mol. The maximum absolute atomic E-state index is 13.4. The van der Waals surface area contributed by atoms with Crippen LogP contribution in [0.4, 0.5) is 21.4 Å². The van der Waals surface area contributed by atoms with E-state index in [0.29, 0.717) is 71.1 Å². The molecule has 3 amide bonds. The molecule has 1 saturated heterocycles. The highest BCUT2D eigenvalue weighted by molar-refractivity contribution is 7.53. The summed E-state index contributed by atoms with van der Waals surface area (Å²) in [6, 6.07) is 8.39. The zero-order valence-electron chi connectivity index (χ0n) is 42.8. The third-order valence-corrected chi connectivity index (χ3v) is 14.0. The molecule has 0 unspecified atom stereocenters. The summed E-state index contributed by atoms with van der Waals surface area (Å²) in [7, 11) is -3.17. The highest BCUT2D eigenvalue weighted by atomic mass is 31.2. The topological polar surface area (TPSA) is 207 Å². The van der Waals surface area contributed by atoms with Gasteiger partial charge >= 0.3 is 19.8 Å². The standard InChI is InChI=1S/C49H82N11O8P/c1-9-65-69(64,66-10-2)35-27-50-43(61)24-16-17-28-57-33-25-38(26-34-57)52-44-41-22-14-15-23-42(41)53-45(54-44)51-36-39-37-59(56-55-39)31-18-29-58(46(62)67-48(3,4)5)30-19-32-60(40-20-12-11-13-21-40)47(63)68-49(6,7)8/h14-15,22-23,37-38,40H,9-13,16-21,24-36H2,1-8H3,(H,50,61)(H2,51,52,53,54). The van der Waals surface area contributed by atoms with Crippen LogP contribution in [0.2, 0.25) is 0 Å². The zero-order valence-corrected chi connectivity index (χ0v) is 43.7. The summed E-state index contributed by atoms with van der Waals surface area (Å²) < 4.78 is 36.6. The number of carbonyl (C=O) groups excluding carboxylic acids is 3. The van der Waals surface area contributed by atoms with Crippen molar-refractivity contribution in [2.75, 3.05) is 75.8 Å². The van der Waals surface area contributed by atoms with Crippen LogP contribution in [0, 0.1) is 0 Å². The number of unbranched alkanes of at least 4 members (excludes halogenated alkanes) is 1. The number of nitrogens with one attached hydrogen (secondary N) is 3. The molecule has 2 aromatic heterocycles. The molecule has 20 heteroatoms. The lowest BCUT2D eigenvalue weighted by Crippen LogP contribution is -2.46. The molecule has 1 aliphatic heterocycles. The first kappa shape index (κ1) is 55.3. The van der Waals surface area contributed by atoms with Crippen LogP contribution in [0.5, 0.6) is 0 Å². The smallest absolute Gasteiger partial charge is 0.410 e. The van der Waals surface area contributed by atoms with Crippen molar-refractivity contribution in [3.8, 4) is 0 Å². The maximum Gasteiger partial charge on any atom is 0.410 e. The van der Waals surface area contributed by atoms with Gasteiger partial charge < -0.3 is 49.2 Å². The second-order valence-electron chi connectivity index (χ2n) is 20.1. The molecule has 1 saturated carbocycles. The number of benzene rings is 1.